The fourth-order valence-corrected chi connectivity index (χ4v) is 1.97. The van der Waals surface area contributed by atoms with Crippen molar-refractivity contribution in [3.63, 3.8) is 0 Å². The van der Waals surface area contributed by atoms with Crippen molar-refractivity contribution in [2.45, 2.75) is 32.7 Å². The molecule has 0 saturated carbocycles. The summed E-state index contributed by atoms with van der Waals surface area (Å²) >= 11 is 0. The van der Waals surface area contributed by atoms with Crippen molar-refractivity contribution in [3.8, 4) is 0 Å². The van der Waals surface area contributed by atoms with Gasteiger partial charge in [0.15, 0.2) is 0 Å². The van der Waals surface area contributed by atoms with E-state index < -0.39 is 18.2 Å². The molecule has 0 saturated heterocycles. The number of esters is 1. The third-order valence-electron chi connectivity index (χ3n) is 2.92. The summed E-state index contributed by atoms with van der Waals surface area (Å²) in [6.07, 6.45) is -4.73. The first-order valence-corrected chi connectivity index (χ1v) is 6.55. The monoisotopic (exact) mass is 313 g/mol. The highest BCUT2D eigenvalue weighted by Crippen LogP contribution is 2.36. The number of alkyl halides is 3. The molecular weight excluding hydrogens is 299 g/mol. The minimum Gasteiger partial charge on any atom is -0.443 e. The Kier molecular flexibility index (Phi) is 4.48. The predicted octanol–water partition coefficient (Wildman–Crippen LogP) is 3.07. The van der Waals surface area contributed by atoms with E-state index in [1.807, 2.05) is 0 Å². The van der Waals surface area contributed by atoms with Gasteiger partial charge in [0.2, 0.25) is 6.10 Å². The predicted molar refractivity (Wildman–Crippen MR) is 71.1 cm³/mol. The average Bonchev–Trinajstić information content (AvgIpc) is 2.85. The van der Waals surface area contributed by atoms with Crippen molar-refractivity contribution in [1.82, 2.24) is 14.8 Å². The first-order valence-electron chi connectivity index (χ1n) is 6.55. The molecule has 0 unspecified atom stereocenters. The quantitative estimate of drug-likeness (QED) is 0.814. The van der Waals surface area contributed by atoms with Gasteiger partial charge in [0, 0.05) is 24.5 Å². The van der Waals surface area contributed by atoms with E-state index in [1.54, 1.807) is 13.8 Å². The van der Waals surface area contributed by atoms with Crippen molar-refractivity contribution in [3.05, 3.63) is 47.5 Å². The number of halogens is 3. The summed E-state index contributed by atoms with van der Waals surface area (Å²) in [6.45, 7) is 3.72. The van der Waals surface area contributed by atoms with Gasteiger partial charge >= 0.3 is 12.1 Å². The Balaban J connectivity index is 2.30. The van der Waals surface area contributed by atoms with Gasteiger partial charge in [0.25, 0.3) is 0 Å². The number of nitrogens with zero attached hydrogens (tertiary/aromatic N) is 3. The highest BCUT2D eigenvalue weighted by molar-refractivity contribution is 5.87. The summed E-state index contributed by atoms with van der Waals surface area (Å²) in [6, 6.07) is 3.95. The molecule has 8 heteroatoms. The van der Waals surface area contributed by atoms with Crippen LogP contribution in [-0.4, -0.2) is 26.9 Å². The highest BCUT2D eigenvalue weighted by Gasteiger charge is 2.44. The molecule has 2 aromatic rings. The molecule has 0 amide bonds. The number of pyridine rings is 1. The van der Waals surface area contributed by atoms with Crippen LogP contribution in [0.5, 0.6) is 0 Å². The lowest BCUT2D eigenvalue weighted by Crippen LogP contribution is -2.27. The topological polar surface area (TPSA) is 57.0 Å². The van der Waals surface area contributed by atoms with Crippen molar-refractivity contribution < 1.29 is 22.7 Å². The number of carbonyl (C=O) groups excluding carboxylic acids is 1. The molecular formula is C14H14F3N3O2. The first-order chi connectivity index (χ1) is 10.3. The molecule has 0 spiro atoms. The lowest BCUT2D eigenvalue weighted by molar-refractivity contribution is -0.207. The number of ether oxygens (including phenoxy) is 1. The Morgan fingerprint density at radius 3 is 2.73 bits per heavy atom. The van der Waals surface area contributed by atoms with Gasteiger partial charge in [-0.05, 0) is 26.0 Å². The Hall–Kier alpha value is -2.38. The van der Waals surface area contributed by atoms with Crippen LogP contribution in [-0.2, 0) is 11.3 Å². The van der Waals surface area contributed by atoms with Gasteiger partial charge in [-0.15, -0.1) is 0 Å². The molecule has 0 aliphatic heterocycles. The van der Waals surface area contributed by atoms with Gasteiger partial charge < -0.3 is 4.74 Å². The zero-order valence-electron chi connectivity index (χ0n) is 12.0. The van der Waals surface area contributed by atoms with Gasteiger partial charge in [0.1, 0.15) is 5.69 Å². The minimum absolute atomic E-state index is 0.0156. The second kappa shape index (κ2) is 6.17. The van der Waals surface area contributed by atoms with Crippen LogP contribution in [0.25, 0.3) is 0 Å². The van der Waals surface area contributed by atoms with Crippen LogP contribution >= 0.6 is 0 Å². The number of carbonyl (C=O) groups is 1. The zero-order chi connectivity index (χ0) is 16.3. The standard InChI is InChI=1S/C14H14F3N3O2/c1-3-20-11(7-9(2)19-20)13(21)22-12(14(15,16)17)10-5-4-6-18-8-10/h4-8,12H,3H2,1-2H3/t12-/m1/s1. The van der Waals surface area contributed by atoms with Gasteiger partial charge in [-0.1, -0.05) is 6.07 Å². The third-order valence-corrected chi connectivity index (χ3v) is 2.92. The molecule has 0 fully saturated rings. The van der Waals surface area contributed by atoms with E-state index in [0.29, 0.717) is 12.2 Å². The Morgan fingerprint density at radius 1 is 1.45 bits per heavy atom. The summed E-state index contributed by atoms with van der Waals surface area (Å²) in [5.74, 6) is -1.08. The molecule has 0 aliphatic carbocycles. The van der Waals surface area contributed by atoms with Crippen molar-refractivity contribution in [1.29, 1.82) is 0 Å². The largest absolute Gasteiger partial charge is 0.443 e. The number of hydrogen-bond donors (Lipinski definition) is 0. The van der Waals surface area contributed by atoms with Crippen LogP contribution in [0, 0.1) is 6.92 Å². The molecule has 0 aliphatic rings. The number of hydrogen-bond acceptors (Lipinski definition) is 4. The van der Waals surface area contributed by atoms with Crippen LogP contribution in [0.4, 0.5) is 13.2 Å². The van der Waals surface area contributed by atoms with Crippen LogP contribution in [0.3, 0.4) is 0 Å². The van der Waals surface area contributed by atoms with Crippen LogP contribution in [0.2, 0.25) is 0 Å². The molecule has 118 valence electrons. The number of rotatable bonds is 4. The molecule has 0 bridgehead atoms. The van der Waals surface area contributed by atoms with E-state index in [2.05, 4.69) is 14.8 Å². The maximum Gasteiger partial charge on any atom is 0.429 e. The number of aromatic nitrogens is 3. The molecule has 0 radical (unpaired) electrons. The second-order valence-corrected chi connectivity index (χ2v) is 4.60. The van der Waals surface area contributed by atoms with Crippen molar-refractivity contribution in [2.75, 3.05) is 0 Å². The summed E-state index contributed by atoms with van der Waals surface area (Å²) in [7, 11) is 0. The lowest BCUT2D eigenvalue weighted by Gasteiger charge is -2.20. The number of aryl methyl sites for hydroxylation is 2. The van der Waals surface area contributed by atoms with E-state index in [-0.39, 0.29) is 11.3 Å². The van der Waals surface area contributed by atoms with Crippen molar-refractivity contribution >= 4 is 5.97 Å². The van der Waals surface area contributed by atoms with Crippen LogP contribution < -0.4 is 0 Å². The van der Waals surface area contributed by atoms with Crippen LogP contribution in [0.1, 0.15) is 34.8 Å². The Labute approximate surface area is 124 Å². The van der Waals surface area contributed by atoms with Gasteiger partial charge in [-0.25, -0.2) is 4.79 Å². The summed E-state index contributed by atoms with van der Waals surface area (Å²) < 4.78 is 45.4. The molecule has 1 atom stereocenters. The molecule has 0 aromatic carbocycles. The minimum atomic E-state index is -4.73. The molecule has 2 rings (SSSR count). The summed E-state index contributed by atoms with van der Waals surface area (Å²) in [4.78, 5) is 15.7. The van der Waals surface area contributed by atoms with E-state index >= 15 is 0 Å². The Morgan fingerprint density at radius 2 is 2.18 bits per heavy atom. The molecule has 2 aromatic heterocycles. The fourth-order valence-electron chi connectivity index (χ4n) is 1.97. The van der Waals surface area contributed by atoms with E-state index in [1.165, 1.54) is 29.1 Å². The molecule has 5 nitrogen and oxygen atoms in total. The summed E-state index contributed by atoms with van der Waals surface area (Å²) in [5, 5.41) is 4.01. The SMILES string of the molecule is CCn1nc(C)cc1C(=O)O[C@H](c1cccnc1)C(F)(F)F. The second-order valence-electron chi connectivity index (χ2n) is 4.60. The zero-order valence-corrected chi connectivity index (χ0v) is 12.0. The van der Waals surface area contributed by atoms with Gasteiger partial charge in [-0.3, -0.25) is 9.67 Å². The van der Waals surface area contributed by atoms with Gasteiger partial charge in [0.05, 0.1) is 5.69 Å². The normalized spacial score (nSPS) is 13.0. The highest BCUT2D eigenvalue weighted by atomic mass is 19.4. The Bertz CT molecular complexity index is 653. The smallest absolute Gasteiger partial charge is 0.429 e. The van der Waals surface area contributed by atoms with Gasteiger partial charge in [-0.2, -0.15) is 18.3 Å². The third kappa shape index (κ3) is 3.44. The average molecular weight is 313 g/mol. The molecule has 2 heterocycles. The maximum atomic E-state index is 13.1. The van der Waals surface area contributed by atoms with E-state index in [0.717, 1.165) is 6.20 Å². The van der Waals surface area contributed by atoms with Crippen molar-refractivity contribution in [2.24, 2.45) is 0 Å². The summed E-state index contributed by atoms with van der Waals surface area (Å²) in [5.41, 5.74) is 0.277. The fraction of sp³-hybridized carbons (Fsp3) is 0.357. The van der Waals surface area contributed by atoms with E-state index in [4.69, 9.17) is 0 Å². The molecule has 22 heavy (non-hydrogen) atoms. The lowest BCUT2D eigenvalue weighted by atomic mass is 10.1. The molecule has 0 N–H and O–H groups in total. The maximum absolute atomic E-state index is 13.1. The first kappa shape index (κ1) is 16.0. The van der Waals surface area contributed by atoms with Crippen LogP contribution in [0.15, 0.2) is 30.6 Å². The van der Waals surface area contributed by atoms with E-state index in [9.17, 15) is 18.0 Å².